The molecule has 3 fully saturated rings. The van der Waals surface area contributed by atoms with Gasteiger partial charge in [-0.15, -0.1) is 0 Å². The summed E-state index contributed by atoms with van der Waals surface area (Å²) in [7, 11) is 0. The second-order valence-electron chi connectivity index (χ2n) is 8.70. The second-order valence-corrected chi connectivity index (χ2v) is 9.66. The molecule has 0 bridgehead atoms. The van der Waals surface area contributed by atoms with E-state index in [0.29, 0.717) is 18.9 Å². The number of para-hydroxylation sites is 1. The highest BCUT2D eigenvalue weighted by molar-refractivity contribution is 8.18. The molecule has 0 unspecified atom stereocenters. The lowest BCUT2D eigenvalue weighted by Gasteiger charge is -2.30. The van der Waals surface area contributed by atoms with Crippen LogP contribution in [0, 0.1) is 0 Å². The minimum Gasteiger partial charge on any atom is -0.294 e. The minimum absolute atomic E-state index is 0.171. The fourth-order valence-electron chi connectivity index (χ4n) is 4.91. The molecule has 3 amide bonds. The van der Waals surface area contributed by atoms with E-state index in [1.54, 1.807) is 4.90 Å². The Morgan fingerprint density at radius 2 is 1.29 bits per heavy atom. The second kappa shape index (κ2) is 8.76. The van der Waals surface area contributed by atoms with Crippen molar-refractivity contribution in [3.8, 4) is 0 Å². The van der Waals surface area contributed by atoms with Gasteiger partial charge in [0.2, 0.25) is 0 Å². The monoisotopic (exact) mass is 440 g/mol. The summed E-state index contributed by atoms with van der Waals surface area (Å²) in [5.41, 5.74) is 1.97. The number of hydrogen-bond donors (Lipinski definition) is 0. The van der Waals surface area contributed by atoms with Crippen LogP contribution in [0.3, 0.4) is 0 Å². The molecule has 164 valence electrons. The van der Waals surface area contributed by atoms with Gasteiger partial charge in [0.05, 0.1) is 29.5 Å². The molecular weight excluding hydrogens is 412 g/mol. The molecule has 1 aromatic rings. The van der Waals surface area contributed by atoms with Crippen LogP contribution in [0.5, 0.6) is 0 Å². The summed E-state index contributed by atoms with van der Waals surface area (Å²) < 4.78 is 0. The van der Waals surface area contributed by atoms with E-state index in [1.807, 2.05) is 24.3 Å². The summed E-state index contributed by atoms with van der Waals surface area (Å²) >= 11 is 0.912. The molecule has 4 aliphatic heterocycles. The van der Waals surface area contributed by atoms with E-state index in [1.165, 1.54) is 17.7 Å². The van der Waals surface area contributed by atoms with Crippen LogP contribution in [0.4, 0.5) is 10.5 Å². The summed E-state index contributed by atoms with van der Waals surface area (Å²) in [5.74, 6) is -0.506. The van der Waals surface area contributed by atoms with Crippen LogP contribution < -0.4 is 4.90 Å². The van der Waals surface area contributed by atoms with Crippen LogP contribution in [-0.4, -0.2) is 71.3 Å². The standard InChI is InChI=1S/C23H28N4O3S/c28-21-19(20-22(29)27(23(30)31-20)16-25-13-7-2-8-14-25)17-9-3-4-10-18(17)26(21)15-24-11-5-1-6-12-24/h3-4,9-10H,1-2,5-8,11-16H2/b20-19-. The largest absolute Gasteiger partial charge is 0.294 e. The van der Waals surface area contributed by atoms with Gasteiger partial charge in [0, 0.05) is 5.56 Å². The third-order valence-corrected chi connectivity index (χ3v) is 7.56. The van der Waals surface area contributed by atoms with E-state index in [4.69, 9.17) is 0 Å². The zero-order valence-electron chi connectivity index (χ0n) is 17.7. The maximum atomic E-state index is 13.5. The number of anilines is 1. The van der Waals surface area contributed by atoms with Crippen LogP contribution in [0.25, 0.3) is 5.57 Å². The molecule has 8 heteroatoms. The molecule has 0 saturated carbocycles. The van der Waals surface area contributed by atoms with Crippen molar-refractivity contribution in [1.82, 2.24) is 14.7 Å². The Morgan fingerprint density at radius 1 is 0.710 bits per heavy atom. The lowest BCUT2D eigenvalue weighted by atomic mass is 10.1. The van der Waals surface area contributed by atoms with E-state index in [9.17, 15) is 14.4 Å². The van der Waals surface area contributed by atoms with Crippen molar-refractivity contribution in [3.63, 3.8) is 0 Å². The Morgan fingerprint density at radius 3 is 1.94 bits per heavy atom. The molecule has 1 aromatic carbocycles. The molecule has 7 nitrogen and oxygen atoms in total. The Hall–Kier alpha value is -2.16. The lowest BCUT2D eigenvalue weighted by molar-refractivity contribution is -0.124. The van der Waals surface area contributed by atoms with Gasteiger partial charge >= 0.3 is 0 Å². The zero-order chi connectivity index (χ0) is 21.4. The first-order chi connectivity index (χ1) is 15.1. The number of piperidine rings is 2. The average Bonchev–Trinajstić information content (AvgIpc) is 3.23. The van der Waals surface area contributed by atoms with Crippen molar-refractivity contribution in [2.45, 2.75) is 38.5 Å². The SMILES string of the molecule is O=C1S/C(=C2\C(=O)N(CN3CCCCC3)c3ccccc32)C(=O)N1CN1CCCCC1. The molecule has 5 rings (SSSR count). The van der Waals surface area contributed by atoms with Gasteiger partial charge in [-0.3, -0.25) is 34.0 Å². The maximum absolute atomic E-state index is 13.5. The van der Waals surface area contributed by atoms with Crippen molar-refractivity contribution in [2.75, 3.05) is 44.4 Å². The fraction of sp³-hybridized carbons (Fsp3) is 0.522. The number of thioether (sulfide) groups is 1. The fourth-order valence-corrected chi connectivity index (χ4v) is 5.84. The van der Waals surface area contributed by atoms with Crippen LogP contribution in [0.2, 0.25) is 0 Å². The van der Waals surface area contributed by atoms with E-state index in [2.05, 4.69) is 9.80 Å². The Labute approximate surface area is 187 Å². The van der Waals surface area contributed by atoms with E-state index >= 15 is 0 Å². The number of imide groups is 1. The highest BCUT2D eigenvalue weighted by Crippen LogP contribution is 2.44. The number of carbonyl (C=O) groups is 3. The van der Waals surface area contributed by atoms with Gasteiger partial charge in [0.1, 0.15) is 0 Å². The van der Waals surface area contributed by atoms with Crippen molar-refractivity contribution in [3.05, 3.63) is 34.7 Å². The summed E-state index contributed by atoms with van der Waals surface area (Å²) in [6, 6.07) is 7.62. The van der Waals surface area contributed by atoms with Gasteiger partial charge in [-0.1, -0.05) is 31.0 Å². The molecule has 0 N–H and O–H groups in total. The number of nitrogens with zero attached hydrogens (tertiary/aromatic N) is 4. The third-order valence-electron chi connectivity index (χ3n) is 6.58. The van der Waals surface area contributed by atoms with Gasteiger partial charge in [-0.2, -0.15) is 0 Å². The molecule has 4 heterocycles. The number of amides is 3. The number of hydrogen-bond acceptors (Lipinski definition) is 6. The summed E-state index contributed by atoms with van der Waals surface area (Å²) in [4.78, 5) is 47.3. The van der Waals surface area contributed by atoms with Crippen molar-refractivity contribution >= 4 is 40.1 Å². The minimum atomic E-state index is -0.335. The van der Waals surface area contributed by atoms with Crippen LogP contribution in [0.15, 0.2) is 29.2 Å². The predicted molar refractivity (Wildman–Crippen MR) is 121 cm³/mol. The molecule has 0 aromatic heterocycles. The van der Waals surface area contributed by atoms with Crippen molar-refractivity contribution in [1.29, 1.82) is 0 Å². The molecule has 31 heavy (non-hydrogen) atoms. The first-order valence-corrected chi connectivity index (χ1v) is 12.1. The van der Waals surface area contributed by atoms with E-state index in [-0.39, 0.29) is 22.0 Å². The lowest BCUT2D eigenvalue weighted by Crippen LogP contribution is -2.43. The van der Waals surface area contributed by atoms with Crippen LogP contribution in [-0.2, 0) is 9.59 Å². The predicted octanol–water partition coefficient (Wildman–Crippen LogP) is 3.33. The number of fused-ring (bicyclic) bond motifs is 1. The summed E-state index contributed by atoms with van der Waals surface area (Å²) in [5, 5.41) is -0.280. The molecule has 0 spiro atoms. The smallest absolute Gasteiger partial charge is 0.294 e. The van der Waals surface area contributed by atoms with E-state index in [0.717, 1.165) is 74.9 Å². The van der Waals surface area contributed by atoms with Crippen molar-refractivity contribution < 1.29 is 14.4 Å². The maximum Gasteiger partial charge on any atom is 0.294 e. The molecule has 0 aliphatic carbocycles. The molecule has 3 saturated heterocycles. The normalized spacial score (nSPS) is 25.6. The first kappa shape index (κ1) is 20.7. The number of rotatable bonds is 4. The summed E-state index contributed by atoms with van der Waals surface area (Å²) in [6.07, 6.45) is 6.90. The highest BCUT2D eigenvalue weighted by Gasteiger charge is 2.44. The Balaban J connectivity index is 1.43. The van der Waals surface area contributed by atoms with Gasteiger partial charge in [-0.05, 0) is 69.7 Å². The zero-order valence-corrected chi connectivity index (χ0v) is 18.5. The average molecular weight is 441 g/mol. The Kier molecular flexibility index (Phi) is 5.86. The topological polar surface area (TPSA) is 64.2 Å². The number of likely N-dealkylation sites (tertiary alicyclic amines) is 2. The third kappa shape index (κ3) is 3.92. The molecule has 0 radical (unpaired) electrons. The quantitative estimate of drug-likeness (QED) is 0.670. The number of carbonyl (C=O) groups excluding carboxylic acids is 3. The van der Waals surface area contributed by atoms with Crippen LogP contribution >= 0.6 is 11.8 Å². The number of benzene rings is 1. The first-order valence-electron chi connectivity index (χ1n) is 11.3. The van der Waals surface area contributed by atoms with Gasteiger partial charge < -0.3 is 0 Å². The van der Waals surface area contributed by atoms with Gasteiger partial charge in [0.25, 0.3) is 17.1 Å². The van der Waals surface area contributed by atoms with Gasteiger partial charge in [-0.25, -0.2) is 0 Å². The molecular formula is C23H28N4O3S. The molecule has 4 aliphatic rings. The van der Waals surface area contributed by atoms with Crippen molar-refractivity contribution in [2.24, 2.45) is 0 Å². The van der Waals surface area contributed by atoms with E-state index < -0.39 is 0 Å². The highest BCUT2D eigenvalue weighted by atomic mass is 32.2. The summed E-state index contributed by atoms with van der Waals surface area (Å²) in [6.45, 7) is 4.60. The van der Waals surface area contributed by atoms with Crippen LogP contribution in [0.1, 0.15) is 44.1 Å². The Bertz CT molecular complexity index is 935. The van der Waals surface area contributed by atoms with Gasteiger partial charge in [0.15, 0.2) is 0 Å². The molecule has 0 atom stereocenters.